The number of ether oxygens (including phenoxy) is 2. The highest BCUT2D eigenvalue weighted by molar-refractivity contribution is 5.66. The van der Waals surface area contributed by atoms with E-state index in [0.29, 0.717) is 32.3 Å². The smallest absolute Gasteiger partial charge is 0.303 e. The van der Waals surface area contributed by atoms with Crippen LogP contribution in [0.25, 0.3) is 0 Å². The van der Waals surface area contributed by atoms with Crippen LogP contribution in [0.2, 0.25) is 0 Å². The number of carbonyl (C=O) groups is 1. The molecule has 1 saturated carbocycles. The number of aliphatic hydroxyl groups is 2. The van der Waals surface area contributed by atoms with Crippen molar-refractivity contribution >= 4 is 5.97 Å². The lowest BCUT2D eigenvalue weighted by atomic mass is 9.83. The van der Waals surface area contributed by atoms with E-state index in [4.69, 9.17) is 14.6 Å². The highest BCUT2D eigenvalue weighted by atomic mass is 19.3. The van der Waals surface area contributed by atoms with Crippen LogP contribution in [0.15, 0.2) is 0 Å². The molecule has 34 heavy (non-hydrogen) atoms. The van der Waals surface area contributed by atoms with Crippen LogP contribution in [0.3, 0.4) is 0 Å². The Hall–Kier alpha value is -0.830. The Bertz CT molecular complexity index is 584. The fraction of sp³-hybridized carbons (Fsp3) is 0.962. The number of aliphatic carboxylic acids is 1. The quantitative estimate of drug-likeness (QED) is 0.245. The van der Waals surface area contributed by atoms with Crippen molar-refractivity contribution in [3.05, 3.63) is 0 Å². The van der Waals surface area contributed by atoms with Gasteiger partial charge in [0, 0.05) is 25.9 Å². The predicted molar refractivity (Wildman–Crippen MR) is 126 cm³/mol. The van der Waals surface area contributed by atoms with Gasteiger partial charge < -0.3 is 24.8 Å². The second kappa shape index (κ2) is 14.7. The molecule has 0 spiro atoms. The van der Waals surface area contributed by atoms with Gasteiger partial charge in [0.25, 0.3) is 5.92 Å². The summed E-state index contributed by atoms with van der Waals surface area (Å²) in [5.74, 6) is -4.28. The summed E-state index contributed by atoms with van der Waals surface area (Å²) < 4.78 is 41.1. The molecule has 7 atom stereocenters. The Balaban J connectivity index is 1.96. The van der Waals surface area contributed by atoms with Crippen LogP contribution in [0.5, 0.6) is 0 Å². The van der Waals surface area contributed by atoms with Crippen molar-refractivity contribution in [3.8, 4) is 0 Å². The summed E-state index contributed by atoms with van der Waals surface area (Å²) in [6.45, 7) is 4.29. The third kappa shape index (κ3) is 9.67. The summed E-state index contributed by atoms with van der Waals surface area (Å²) >= 11 is 0. The zero-order chi connectivity index (χ0) is 25.1. The van der Waals surface area contributed by atoms with Crippen LogP contribution >= 0.6 is 0 Å². The van der Waals surface area contributed by atoms with E-state index in [9.17, 15) is 23.8 Å². The molecule has 1 aliphatic carbocycles. The molecule has 8 heteroatoms. The molecule has 2 rings (SSSR count). The second-order valence-corrected chi connectivity index (χ2v) is 10.5. The zero-order valence-corrected chi connectivity index (χ0v) is 21.0. The molecule has 6 nitrogen and oxygen atoms in total. The van der Waals surface area contributed by atoms with E-state index in [1.807, 2.05) is 6.92 Å². The average molecular weight is 493 g/mol. The van der Waals surface area contributed by atoms with Crippen molar-refractivity contribution in [3.63, 3.8) is 0 Å². The van der Waals surface area contributed by atoms with Crippen molar-refractivity contribution in [2.24, 2.45) is 17.8 Å². The molecule has 1 saturated heterocycles. The lowest BCUT2D eigenvalue weighted by molar-refractivity contribution is -0.197. The van der Waals surface area contributed by atoms with Crippen molar-refractivity contribution in [1.29, 1.82) is 0 Å². The molecule has 0 aromatic heterocycles. The van der Waals surface area contributed by atoms with Crippen molar-refractivity contribution in [2.75, 3.05) is 6.61 Å². The maximum Gasteiger partial charge on any atom is 0.303 e. The molecule has 200 valence electrons. The van der Waals surface area contributed by atoms with Gasteiger partial charge in [0.2, 0.25) is 0 Å². The molecule has 1 aliphatic heterocycles. The number of unbranched alkanes of at least 4 members (excludes halogenated alkanes) is 3. The predicted octanol–water partition coefficient (Wildman–Crippen LogP) is 5.53. The monoisotopic (exact) mass is 492 g/mol. The highest BCUT2D eigenvalue weighted by Gasteiger charge is 2.45. The topological polar surface area (TPSA) is 96.2 Å². The van der Waals surface area contributed by atoms with Gasteiger partial charge >= 0.3 is 5.97 Å². The summed E-state index contributed by atoms with van der Waals surface area (Å²) in [7, 11) is 0. The minimum atomic E-state index is -3.13. The van der Waals surface area contributed by atoms with E-state index in [1.54, 1.807) is 6.92 Å². The number of carboxylic acid groups (broad SMARTS) is 1. The Morgan fingerprint density at radius 3 is 2.53 bits per heavy atom. The van der Waals surface area contributed by atoms with E-state index in [-0.39, 0.29) is 49.4 Å². The zero-order valence-electron chi connectivity index (χ0n) is 21.0. The fourth-order valence-corrected chi connectivity index (χ4v) is 5.44. The summed E-state index contributed by atoms with van der Waals surface area (Å²) in [6.07, 6.45) is 5.12. The van der Waals surface area contributed by atoms with Crippen molar-refractivity contribution in [2.45, 2.75) is 134 Å². The molecule has 1 heterocycles. The Kier molecular flexibility index (Phi) is 12.7. The number of carboxylic acids is 1. The standard InChI is InChI=1S/C26H46F2O6/c1-3-18(2)17-26(27,28)23(30)14-13-20-19(10-6-4-5-7-11-24(31)32)21(29)16-22(20)34-25-12-8-9-15-33-25/h18-23,25,29-30H,3-17H2,1-2H3,(H,31,32). The normalized spacial score (nSPS) is 29.8. The van der Waals surface area contributed by atoms with Gasteiger partial charge in [-0.15, -0.1) is 0 Å². The summed E-state index contributed by atoms with van der Waals surface area (Å²) in [6, 6.07) is 0. The van der Waals surface area contributed by atoms with Gasteiger partial charge in [-0.05, 0) is 62.7 Å². The number of rotatable bonds is 16. The highest BCUT2D eigenvalue weighted by Crippen LogP contribution is 2.43. The molecule has 0 aromatic carbocycles. The first-order valence-electron chi connectivity index (χ1n) is 13.4. The summed E-state index contributed by atoms with van der Waals surface area (Å²) in [5, 5.41) is 29.9. The fourth-order valence-electron chi connectivity index (χ4n) is 5.44. The lowest BCUT2D eigenvalue weighted by Crippen LogP contribution is -2.37. The van der Waals surface area contributed by atoms with Gasteiger partial charge in [0.05, 0.1) is 12.2 Å². The van der Waals surface area contributed by atoms with E-state index in [2.05, 4.69) is 0 Å². The van der Waals surface area contributed by atoms with E-state index in [1.165, 1.54) is 0 Å². The molecular weight excluding hydrogens is 446 g/mol. The number of hydrogen-bond acceptors (Lipinski definition) is 5. The van der Waals surface area contributed by atoms with Gasteiger partial charge in [0.15, 0.2) is 6.29 Å². The molecule has 0 amide bonds. The maximum absolute atomic E-state index is 14.6. The van der Waals surface area contributed by atoms with Crippen LogP contribution in [0.4, 0.5) is 8.78 Å². The van der Waals surface area contributed by atoms with Gasteiger partial charge in [-0.3, -0.25) is 4.79 Å². The van der Waals surface area contributed by atoms with Crippen LogP contribution < -0.4 is 0 Å². The summed E-state index contributed by atoms with van der Waals surface area (Å²) in [5.41, 5.74) is 0. The second-order valence-electron chi connectivity index (χ2n) is 10.5. The first-order chi connectivity index (χ1) is 16.1. The molecule has 0 bridgehead atoms. The molecule has 0 aromatic rings. The van der Waals surface area contributed by atoms with E-state index >= 15 is 0 Å². The van der Waals surface area contributed by atoms with Crippen molar-refractivity contribution < 1.29 is 38.4 Å². The molecule has 2 aliphatic rings. The molecule has 2 fully saturated rings. The minimum absolute atomic E-state index is 0.0265. The minimum Gasteiger partial charge on any atom is -0.481 e. The molecule has 7 unspecified atom stereocenters. The average Bonchev–Trinajstić information content (AvgIpc) is 3.08. The van der Waals surface area contributed by atoms with Gasteiger partial charge in [-0.1, -0.05) is 39.5 Å². The Labute approximate surface area is 203 Å². The van der Waals surface area contributed by atoms with Crippen LogP contribution in [-0.4, -0.2) is 58.4 Å². The SMILES string of the molecule is CCC(C)CC(F)(F)C(O)CCC1C(OC2CCCCO2)CC(O)C1CCCCCCC(=O)O. The number of alkyl halides is 2. The van der Waals surface area contributed by atoms with Crippen LogP contribution in [0.1, 0.15) is 104 Å². The van der Waals surface area contributed by atoms with E-state index in [0.717, 1.165) is 44.9 Å². The lowest BCUT2D eigenvalue weighted by Gasteiger charge is -2.32. The number of halogens is 2. The first kappa shape index (κ1) is 29.4. The summed E-state index contributed by atoms with van der Waals surface area (Å²) in [4.78, 5) is 10.7. The van der Waals surface area contributed by atoms with Gasteiger partial charge in [0.1, 0.15) is 6.10 Å². The number of aliphatic hydroxyl groups excluding tert-OH is 2. The third-order valence-electron chi connectivity index (χ3n) is 7.72. The first-order valence-corrected chi connectivity index (χ1v) is 13.4. The van der Waals surface area contributed by atoms with Gasteiger partial charge in [-0.25, -0.2) is 8.78 Å². The van der Waals surface area contributed by atoms with Crippen molar-refractivity contribution in [1.82, 2.24) is 0 Å². The molecular formula is C26H46F2O6. The molecule has 0 radical (unpaired) electrons. The Morgan fingerprint density at radius 1 is 1.15 bits per heavy atom. The van der Waals surface area contributed by atoms with Crippen LogP contribution in [0, 0.1) is 17.8 Å². The van der Waals surface area contributed by atoms with Gasteiger partial charge in [-0.2, -0.15) is 0 Å². The largest absolute Gasteiger partial charge is 0.481 e. The van der Waals surface area contributed by atoms with E-state index < -0.39 is 24.1 Å². The maximum atomic E-state index is 14.6. The number of hydrogen-bond donors (Lipinski definition) is 3. The third-order valence-corrected chi connectivity index (χ3v) is 7.72. The Morgan fingerprint density at radius 2 is 1.88 bits per heavy atom. The molecule has 3 N–H and O–H groups in total. The van der Waals surface area contributed by atoms with Crippen LogP contribution in [-0.2, 0) is 14.3 Å².